The Hall–Kier alpha value is -1.38. The highest BCUT2D eigenvalue weighted by atomic mass is 32.2. The number of thioether (sulfide) groups is 1. The van der Waals surface area contributed by atoms with E-state index in [1.165, 1.54) is 12.1 Å². The third-order valence-corrected chi connectivity index (χ3v) is 5.49. The summed E-state index contributed by atoms with van der Waals surface area (Å²) in [5.41, 5.74) is 0.280. The number of carbonyl (C=O) groups excluding carboxylic acids is 1. The molecule has 0 spiro atoms. The van der Waals surface area contributed by atoms with Crippen LogP contribution >= 0.6 is 23.8 Å². The van der Waals surface area contributed by atoms with Gasteiger partial charge >= 0.3 is 0 Å². The molecule has 0 aliphatic carbocycles. The summed E-state index contributed by atoms with van der Waals surface area (Å²) in [6.45, 7) is 2.98. The van der Waals surface area contributed by atoms with Gasteiger partial charge in [0.05, 0.1) is 30.2 Å². The summed E-state index contributed by atoms with van der Waals surface area (Å²) in [7, 11) is 0. The molecule has 0 N–H and O–H groups in total. The van der Waals surface area contributed by atoms with Crippen molar-refractivity contribution in [3.8, 4) is 0 Å². The monoisotopic (exact) mass is 400 g/mol. The molecule has 1 unspecified atom stereocenters. The Kier molecular flexibility index (Phi) is 9.14. The van der Waals surface area contributed by atoms with Gasteiger partial charge in [-0.2, -0.15) is 0 Å². The largest absolute Gasteiger partial charge is 0.336 e. The molecule has 1 aromatic heterocycles. The molecule has 2 aromatic rings. The first-order valence-electron chi connectivity index (χ1n) is 8.51. The van der Waals surface area contributed by atoms with Gasteiger partial charge in [-0.05, 0) is 12.5 Å². The molecule has 0 aliphatic rings. The Labute approximate surface area is 160 Å². The first-order valence-corrected chi connectivity index (χ1v) is 10.1. The minimum Gasteiger partial charge on any atom is -0.336 e. The zero-order chi connectivity index (χ0) is 18.8. The summed E-state index contributed by atoms with van der Waals surface area (Å²) in [6, 6.07) is 3.41. The Morgan fingerprint density at radius 2 is 2.15 bits per heavy atom. The summed E-state index contributed by atoms with van der Waals surface area (Å²) in [4.78, 5) is 16.2. The molecule has 2 rings (SSSR count). The lowest BCUT2D eigenvalue weighted by Crippen LogP contribution is -2.08. The molecule has 0 saturated heterocycles. The molecule has 0 radical (unpaired) electrons. The van der Waals surface area contributed by atoms with E-state index in [1.807, 2.05) is 0 Å². The zero-order valence-corrected chi connectivity index (χ0v) is 16.2. The predicted molar refractivity (Wildman–Crippen MR) is 102 cm³/mol. The summed E-state index contributed by atoms with van der Waals surface area (Å²) in [5, 5.41) is -0.506. The van der Waals surface area contributed by atoms with Crippen LogP contribution in [-0.2, 0) is 10.7 Å². The van der Waals surface area contributed by atoms with Crippen molar-refractivity contribution in [2.24, 2.45) is 0 Å². The Balaban J connectivity index is 1.94. The van der Waals surface area contributed by atoms with E-state index in [-0.39, 0.29) is 10.0 Å². The quantitative estimate of drug-likeness (QED) is 0.361. The lowest BCUT2D eigenvalue weighted by Gasteiger charge is -2.17. The second kappa shape index (κ2) is 11.4. The number of benzene rings is 1. The third kappa shape index (κ3) is 7.09. The smallest absolute Gasteiger partial charge is 0.273 e. The number of hydrogen-bond donors (Lipinski definition) is 0. The molecule has 8 heteroatoms. The van der Waals surface area contributed by atoms with E-state index in [4.69, 9.17) is 4.18 Å². The van der Waals surface area contributed by atoms with Crippen LogP contribution in [0.4, 0.5) is 13.6 Å². The molecule has 0 saturated carbocycles. The Morgan fingerprint density at radius 3 is 2.85 bits per heavy atom. The van der Waals surface area contributed by atoms with E-state index >= 15 is 0 Å². The second-order valence-electron chi connectivity index (χ2n) is 5.75. The number of nitrogens with zero attached hydrogens (tertiary/aromatic N) is 2. The molecule has 4 nitrogen and oxygen atoms in total. The van der Waals surface area contributed by atoms with Gasteiger partial charge in [0.2, 0.25) is 0 Å². The highest BCUT2D eigenvalue weighted by Gasteiger charge is 2.22. The van der Waals surface area contributed by atoms with Crippen LogP contribution in [-0.4, -0.2) is 20.6 Å². The van der Waals surface area contributed by atoms with E-state index < -0.39 is 16.9 Å². The normalized spacial score (nSPS) is 12.3. The van der Waals surface area contributed by atoms with E-state index in [9.17, 15) is 13.6 Å². The van der Waals surface area contributed by atoms with Crippen molar-refractivity contribution in [1.82, 2.24) is 9.55 Å². The van der Waals surface area contributed by atoms with Crippen LogP contribution in [0.3, 0.4) is 0 Å². The highest BCUT2D eigenvalue weighted by Crippen LogP contribution is 2.36. The van der Waals surface area contributed by atoms with Gasteiger partial charge in [0.25, 0.3) is 4.45 Å². The molecule has 1 heterocycles. The minimum absolute atomic E-state index is 0.255. The average Bonchev–Trinajstić information content (AvgIpc) is 3.10. The number of halogens is 2. The fourth-order valence-corrected chi connectivity index (χ4v) is 4.11. The van der Waals surface area contributed by atoms with E-state index in [0.717, 1.165) is 55.6 Å². The molecule has 142 valence electrons. The van der Waals surface area contributed by atoms with Gasteiger partial charge in [-0.25, -0.2) is 13.8 Å². The van der Waals surface area contributed by atoms with Crippen LogP contribution in [0.1, 0.15) is 43.4 Å². The first-order chi connectivity index (χ1) is 12.6. The topological polar surface area (TPSA) is 44.1 Å². The molecule has 1 aromatic carbocycles. The summed E-state index contributed by atoms with van der Waals surface area (Å²) in [5.74, 6) is -1.31. The lowest BCUT2D eigenvalue weighted by atomic mass is 10.1. The highest BCUT2D eigenvalue weighted by molar-refractivity contribution is 8.36. The van der Waals surface area contributed by atoms with Crippen molar-refractivity contribution in [2.75, 3.05) is 6.61 Å². The van der Waals surface area contributed by atoms with Crippen LogP contribution < -0.4 is 0 Å². The third-order valence-electron chi connectivity index (χ3n) is 3.69. The molecule has 1 atom stereocenters. The van der Waals surface area contributed by atoms with Crippen molar-refractivity contribution in [3.05, 3.63) is 54.1 Å². The molecule has 0 fully saturated rings. The van der Waals surface area contributed by atoms with Crippen LogP contribution in [0.2, 0.25) is 0 Å². The lowest BCUT2D eigenvalue weighted by molar-refractivity contribution is 0.273. The maximum Gasteiger partial charge on any atom is 0.273 e. The standard InChI is InChI=1S/C18H22F2N2O2S2/c1-2-3-4-5-10-24-26-18(23)25-17(12-22-9-8-21-13-22)15-7-6-14(19)11-16(15)20/h6-9,11,13,17H,2-5,10,12H2,1H3. The van der Waals surface area contributed by atoms with Crippen molar-refractivity contribution in [1.29, 1.82) is 0 Å². The number of rotatable bonds is 10. The molecule has 0 bridgehead atoms. The fourth-order valence-electron chi connectivity index (χ4n) is 2.36. The van der Waals surface area contributed by atoms with Gasteiger partial charge in [0.1, 0.15) is 11.6 Å². The molecule has 26 heavy (non-hydrogen) atoms. The van der Waals surface area contributed by atoms with Crippen LogP contribution in [0.15, 0.2) is 36.9 Å². The van der Waals surface area contributed by atoms with Crippen molar-refractivity contribution >= 4 is 28.3 Å². The van der Waals surface area contributed by atoms with Gasteiger partial charge in [-0.15, -0.1) is 0 Å². The number of carbonyl (C=O) groups is 1. The first kappa shape index (κ1) is 20.9. The van der Waals surface area contributed by atoms with Crippen molar-refractivity contribution < 1.29 is 17.8 Å². The molecular weight excluding hydrogens is 378 g/mol. The number of aromatic nitrogens is 2. The number of unbranched alkanes of at least 4 members (excludes halogenated alkanes) is 3. The molecular formula is C18H22F2N2O2S2. The zero-order valence-electron chi connectivity index (χ0n) is 14.6. The predicted octanol–water partition coefficient (Wildman–Crippen LogP) is 6.00. The van der Waals surface area contributed by atoms with Crippen LogP contribution in [0, 0.1) is 11.6 Å². The Bertz CT molecular complexity index is 684. The van der Waals surface area contributed by atoms with Crippen molar-refractivity contribution in [3.63, 3.8) is 0 Å². The van der Waals surface area contributed by atoms with E-state index in [2.05, 4.69) is 11.9 Å². The van der Waals surface area contributed by atoms with Gasteiger partial charge in [-0.3, -0.25) is 4.79 Å². The van der Waals surface area contributed by atoms with Crippen molar-refractivity contribution in [2.45, 2.75) is 44.4 Å². The maximum atomic E-state index is 14.2. The minimum atomic E-state index is -0.666. The second-order valence-corrected chi connectivity index (χ2v) is 7.95. The summed E-state index contributed by atoms with van der Waals surface area (Å²) < 4.78 is 34.2. The summed E-state index contributed by atoms with van der Waals surface area (Å²) in [6.07, 6.45) is 9.20. The SMILES string of the molecule is CCCCCCOSC(=O)SC(Cn1ccnc1)c1ccc(F)cc1F. The van der Waals surface area contributed by atoms with E-state index in [0.29, 0.717) is 13.2 Å². The Morgan fingerprint density at radius 1 is 1.31 bits per heavy atom. The van der Waals surface area contributed by atoms with Gasteiger partial charge in [0.15, 0.2) is 0 Å². The summed E-state index contributed by atoms with van der Waals surface area (Å²) >= 11 is 1.75. The maximum absolute atomic E-state index is 14.2. The average molecular weight is 401 g/mol. The molecule has 0 aliphatic heterocycles. The fraction of sp³-hybridized carbons (Fsp3) is 0.444. The van der Waals surface area contributed by atoms with Crippen LogP contribution in [0.5, 0.6) is 0 Å². The van der Waals surface area contributed by atoms with Crippen LogP contribution in [0.25, 0.3) is 0 Å². The van der Waals surface area contributed by atoms with E-state index in [1.54, 1.807) is 23.3 Å². The number of imidazole rings is 1. The van der Waals surface area contributed by atoms with Gasteiger partial charge in [0, 0.05) is 30.6 Å². The van der Waals surface area contributed by atoms with Gasteiger partial charge in [-0.1, -0.05) is 44.0 Å². The van der Waals surface area contributed by atoms with Gasteiger partial charge < -0.3 is 8.75 Å². The molecule has 0 amide bonds. The number of hydrogen-bond acceptors (Lipinski definition) is 5.